The van der Waals surface area contributed by atoms with Crippen LogP contribution >= 0.6 is 0 Å². The molecule has 2 amide bonds. The minimum atomic E-state index is -0.974. The van der Waals surface area contributed by atoms with E-state index in [1.807, 2.05) is 6.92 Å². The minimum Gasteiger partial charge on any atom is -0.480 e. The van der Waals surface area contributed by atoms with E-state index in [9.17, 15) is 9.59 Å². The molecule has 0 heterocycles. The second-order valence-electron chi connectivity index (χ2n) is 5.34. The number of amides is 2. The van der Waals surface area contributed by atoms with Gasteiger partial charge in [0.15, 0.2) is 0 Å². The van der Waals surface area contributed by atoms with E-state index in [2.05, 4.69) is 5.32 Å². The SMILES string of the molecule is CCN(CC1CCC1)C(=O)NC(C(=O)O)C(C)C. The number of nitrogens with zero attached hydrogens (tertiary/aromatic N) is 1. The van der Waals surface area contributed by atoms with Crippen LogP contribution in [0.2, 0.25) is 0 Å². The second-order valence-corrected chi connectivity index (χ2v) is 5.34. The van der Waals surface area contributed by atoms with Gasteiger partial charge in [0.05, 0.1) is 0 Å². The van der Waals surface area contributed by atoms with Gasteiger partial charge < -0.3 is 15.3 Å². The topological polar surface area (TPSA) is 69.6 Å². The minimum absolute atomic E-state index is 0.117. The maximum absolute atomic E-state index is 12.0. The van der Waals surface area contributed by atoms with E-state index < -0.39 is 12.0 Å². The molecule has 104 valence electrons. The van der Waals surface area contributed by atoms with Crippen LogP contribution in [0.5, 0.6) is 0 Å². The first kappa shape index (κ1) is 14.8. The summed E-state index contributed by atoms with van der Waals surface area (Å²) in [4.78, 5) is 24.8. The summed E-state index contributed by atoms with van der Waals surface area (Å²) in [6.45, 7) is 6.87. The van der Waals surface area contributed by atoms with Gasteiger partial charge in [0, 0.05) is 13.1 Å². The van der Waals surface area contributed by atoms with Crippen LogP contribution in [-0.4, -0.2) is 41.1 Å². The third-order valence-electron chi connectivity index (χ3n) is 3.58. The van der Waals surface area contributed by atoms with Crippen LogP contribution in [0.25, 0.3) is 0 Å². The fourth-order valence-corrected chi connectivity index (χ4v) is 2.08. The molecule has 1 aliphatic carbocycles. The second kappa shape index (κ2) is 6.61. The van der Waals surface area contributed by atoms with E-state index in [4.69, 9.17) is 5.11 Å². The molecule has 1 fully saturated rings. The van der Waals surface area contributed by atoms with Crippen molar-refractivity contribution in [1.29, 1.82) is 0 Å². The summed E-state index contributed by atoms with van der Waals surface area (Å²) in [5.74, 6) is -0.495. The summed E-state index contributed by atoms with van der Waals surface area (Å²) in [7, 11) is 0. The molecule has 0 bridgehead atoms. The number of carboxylic acids is 1. The van der Waals surface area contributed by atoms with E-state index in [0.29, 0.717) is 12.5 Å². The highest BCUT2D eigenvalue weighted by atomic mass is 16.4. The molecule has 2 N–H and O–H groups in total. The van der Waals surface area contributed by atoms with Gasteiger partial charge in [-0.05, 0) is 31.6 Å². The number of urea groups is 1. The molecule has 18 heavy (non-hydrogen) atoms. The Kier molecular flexibility index (Phi) is 5.44. The van der Waals surface area contributed by atoms with Crippen molar-refractivity contribution in [2.75, 3.05) is 13.1 Å². The molecule has 1 saturated carbocycles. The Morgan fingerprint density at radius 2 is 2.00 bits per heavy atom. The standard InChI is InChI=1S/C13H24N2O3/c1-4-15(8-10-6-5-7-10)13(18)14-11(9(2)3)12(16)17/h9-11H,4-8H2,1-3H3,(H,14,18)(H,16,17). The number of hydrogen-bond acceptors (Lipinski definition) is 2. The zero-order valence-corrected chi connectivity index (χ0v) is 11.5. The monoisotopic (exact) mass is 256 g/mol. The highest BCUT2D eigenvalue weighted by molar-refractivity contribution is 5.82. The van der Waals surface area contributed by atoms with Crippen LogP contribution < -0.4 is 5.32 Å². The Bertz CT molecular complexity index is 301. The number of hydrogen-bond donors (Lipinski definition) is 2. The summed E-state index contributed by atoms with van der Waals surface area (Å²) < 4.78 is 0. The van der Waals surface area contributed by atoms with Gasteiger partial charge in [-0.25, -0.2) is 9.59 Å². The van der Waals surface area contributed by atoms with Crippen molar-refractivity contribution in [2.24, 2.45) is 11.8 Å². The molecule has 0 aromatic carbocycles. The number of rotatable bonds is 6. The molecule has 1 atom stereocenters. The smallest absolute Gasteiger partial charge is 0.326 e. The van der Waals surface area contributed by atoms with Crippen LogP contribution in [0, 0.1) is 11.8 Å². The fraction of sp³-hybridized carbons (Fsp3) is 0.846. The van der Waals surface area contributed by atoms with Gasteiger partial charge in [-0.1, -0.05) is 20.3 Å². The first-order valence-corrected chi connectivity index (χ1v) is 6.74. The van der Waals surface area contributed by atoms with E-state index >= 15 is 0 Å². The molecular weight excluding hydrogens is 232 g/mol. The highest BCUT2D eigenvalue weighted by Crippen LogP contribution is 2.27. The van der Waals surface area contributed by atoms with Crippen molar-refractivity contribution in [3.63, 3.8) is 0 Å². The van der Waals surface area contributed by atoms with E-state index in [1.165, 1.54) is 19.3 Å². The Morgan fingerprint density at radius 1 is 1.39 bits per heavy atom. The number of carbonyl (C=O) groups is 2. The third kappa shape index (κ3) is 3.89. The Balaban J connectivity index is 2.51. The van der Waals surface area contributed by atoms with Gasteiger partial charge in [0.1, 0.15) is 6.04 Å². The maximum Gasteiger partial charge on any atom is 0.326 e. The highest BCUT2D eigenvalue weighted by Gasteiger charge is 2.27. The Morgan fingerprint density at radius 3 is 2.33 bits per heavy atom. The number of aliphatic carboxylic acids is 1. The van der Waals surface area contributed by atoms with Gasteiger partial charge in [-0.2, -0.15) is 0 Å². The van der Waals surface area contributed by atoms with Gasteiger partial charge in [0.2, 0.25) is 0 Å². The van der Waals surface area contributed by atoms with Crippen molar-refractivity contribution in [3.8, 4) is 0 Å². The predicted molar refractivity (Wildman–Crippen MR) is 69.4 cm³/mol. The van der Waals surface area contributed by atoms with Crippen molar-refractivity contribution in [2.45, 2.75) is 46.1 Å². The number of carbonyl (C=O) groups excluding carboxylic acids is 1. The average molecular weight is 256 g/mol. The van der Waals surface area contributed by atoms with Gasteiger partial charge >= 0.3 is 12.0 Å². The molecule has 1 unspecified atom stereocenters. The molecular formula is C13H24N2O3. The van der Waals surface area contributed by atoms with Crippen LogP contribution in [-0.2, 0) is 4.79 Å². The Hall–Kier alpha value is -1.26. The molecule has 5 heteroatoms. The van der Waals surface area contributed by atoms with Crippen molar-refractivity contribution < 1.29 is 14.7 Å². The molecule has 5 nitrogen and oxygen atoms in total. The van der Waals surface area contributed by atoms with Crippen molar-refractivity contribution >= 4 is 12.0 Å². The van der Waals surface area contributed by atoms with Gasteiger partial charge in [-0.15, -0.1) is 0 Å². The lowest BCUT2D eigenvalue weighted by molar-refractivity contribution is -0.140. The summed E-state index contributed by atoms with van der Waals surface area (Å²) >= 11 is 0. The van der Waals surface area contributed by atoms with E-state index in [-0.39, 0.29) is 11.9 Å². The molecule has 1 rings (SSSR count). The van der Waals surface area contributed by atoms with Crippen molar-refractivity contribution in [1.82, 2.24) is 10.2 Å². The first-order valence-electron chi connectivity index (χ1n) is 6.74. The molecule has 0 aliphatic heterocycles. The fourth-order valence-electron chi connectivity index (χ4n) is 2.08. The lowest BCUT2D eigenvalue weighted by atomic mass is 9.85. The summed E-state index contributed by atoms with van der Waals surface area (Å²) in [5.41, 5.74) is 0. The van der Waals surface area contributed by atoms with Crippen LogP contribution in [0.3, 0.4) is 0 Å². The number of carboxylic acid groups (broad SMARTS) is 1. The molecule has 0 radical (unpaired) electrons. The normalized spacial score (nSPS) is 17.1. The van der Waals surface area contributed by atoms with Crippen LogP contribution in [0.15, 0.2) is 0 Å². The van der Waals surface area contributed by atoms with Gasteiger partial charge in [0.25, 0.3) is 0 Å². The van der Waals surface area contributed by atoms with E-state index in [1.54, 1.807) is 18.7 Å². The van der Waals surface area contributed by atoms with Crippen molar-refractivity contribution in [3.05, 3.63) is 0 Å². The third-order valence-corrected chi connectivity index (χ3v) is 3.58. The summed E-state index contributed by atoms with van der Waals surface area (Å²) in [6, 6.07) is -1.07. The van der Waals surface area contributed by atoms with Crippen LogP contribution in [0.1, 0.15) is 40.0 Å². The molecule has 0 saturated heterocycles. The summed E-state index contributed by atoms with van der Waals surface area (Å²) in [6.07, 6.45) is 3.60. The molecule has 0 aromatic heterocycles. The quantitative estimate of drug-likeness (QED) is 0.763. The summed E-state index contributed by atoms with van der Waals surface area (Å²) in [5, 5.41) is 11.7. The lowest BCUT2D eigenvalue weighted by Gasteiger charge is -2.32. The largest absolute Gasteiger partial charge is 0.480 e. The zero-order valence-electron chi connectivity index (χ0n) is 11.5. The zero-order chi connectivity index (χ0) is 13.7. The predicted octanol–water partition coefficient (Wildman–Crippen LogP) is 1.93. The van der Waals surface area contributed by atoms with E-state index in [0.717, 1.165) is 6.54 Å². The van der Waals surface area contributed by atoms with Crippen LogP contribution in [0.4, 0.5) is 4.79 Å². The number of nitrogens with one attached hydrogen (secondary N) is 1. The lowest BCUT2D eigenvalue weighted by Crippen LogP contribution is -2.51. The molecule has 0 spiro atoms. The average Bonchev–Trinajstić information content (AvgIpc) is 2.23. The first-order chi connectivity index (χ1) is 8.45. The Labute approximate surface area is 109 Å². The molecule has 0 aromatic rings. The van der Waals surface area contributed by atoms with Gasteiger partial charge in [-0.3, -0.25) is 0 Å². The maximum atomic E-state index is 12.0. The molecule has 1 aliphatic rings.